The van der Waals surface area contributed by atoms with Gasteiger partial charge >= 0.3 is 0 Å². The Morgan fingerprint density at radius 1 is 0.267 bits per heavy atom. The van der Waals surface area contributed by atoms with Crippen LogP contribution in [-0.2, 0) is 101 Å². The van der Waals surface area contributed by atoms with E-state index in [1.807, 2.05) is 128 Å². The number of benzene rings is 4. The molecule has 0 saturated heterocycles. The quantitative estimate of drug-likeness (QED) is 0.0402. The number of hydrogen-bond donors (Lipinski definition) is 1. The fraction of sp³-hybridized carbons (Fsp3) is 0.766. The number of ether oxygens (including phenoxy) is 15. The third-order valence-corrected chi connectivity index (χ3v) is 24.9. The van der Waals surface area contributed by atoms with E-state index in [0.29, 0.717) is 87.4 Å². The number of hydrogen-bond acceptors (Lipinski definition) is 22. The summed E-state index contributed by atoms with van der Waals surface area (Å²) in [5.41, 5.74) is 7.11. The second-order valence-corrected chi connectivity index (χ2v) is 50.6. The van der Waals surface area contributed by atoms with Crippen LogP contribution in [0.4, 0.5) is 0 Å². The van der Waals surface area contributed by atoms with Crippen LogP contribution in [0.25, 0.3) is 22.3 Å². The Bertz CT molecular complexity index is 3830. The van der Waals surface area contributed by atoms with Crippen molar-refractivity contribution in [1.29, 1.82) is 0 Å². The van der Waals surface area contributed by atoms with Crippen LogP contribution in [0.1, 0.15) is 378 Å². The number of ketones is 6. The van der Waals surface area contributed by atoms with E-state index in [9.17, 15) is 28.8 Å². The number of rotatable bonds is 63. The first-order chi connectivity index (χ1) is 69.3. The lowest BCUT2D eigenvalue weighted by atomic mass is 9.53. The molecule has 22 nitrogen and oxygen atoms in total. The summed E-state index contributed by atoms with van der Waals surface area (Å²) in [5.74, 6) is 7.74. The number of Topliss-reactive ketones (excluding diaryl/α,β-unsaturated/α-hetero) is 6. The van der Waals surface area contributed by atoms with Crippen LogP contribution in [0.5, 0.6) is 11.5 Å². The van der Waals surface area contributed by atoms with Gasteiger partial charge in [-0.05, 0) is 240 Å². The standard InChI is InChI=1S/2C24H32O3.C17H30O3.C14H28O3.C14H30O2.C13H26O3.C12H26O2.C10H20O2.H3N/c2*1-23(2,3)20-11-7-18(8-12-20)19-9-13-21(14-10-19)27-16-15-26-17-22(25)24(4,5)6;1-15(2,3)14(18)11-19-12-7-17(8-12)9-13(10-17)20-16(4,5)6;1-12(2)7-10-16-8-5-6-9-17-11-14(15)13(3)4;1-11(2)7-9-15-13(5)14(6)16-10-8-12(3)4;1-11(2)6-9-15-7-5-8-16-10-13(14)12(3)4;1-11(2)5-7-13-9-10-14-8-6-12(3)4;1-8(2)5-6-12-7-10(11)9(3)4;/h2*7-14H,15-17H2,1-6H3;12-13H,7-11H2,1-6H3;12-13H,5-11H2,1-4H3;11-14H,7-10H2,1-6H3;11-12H,5-10H2,1-4H3;11-12H,5-10H2,1-4H3;8-9H,5-7H2,1-4H3;1H3/t;;;;13-,14-;;;;/m....1..../s1. The molecule has 0 amide bonds. The molecule has 150 heavy (non-hydrogen) atoms. The molecule has 2 fully saturated rings. The van der Waals surface area contributed by atoms with Gasteiger partial charge in [0.2, 0.25) is 0 Å². The zero-order chi connectivity index (χ0) is 114. The summed E-state index contributed by atoms with van der Waals surface area (Å²) >= 11 is 0. The van der Waals surface area contributed by atoms with Crippen molar-refractivity contribution in [3.05, 3.63) is 108 Å². The van der Waals surface area contributed by atoms with Gasteiger partial charge in [0, 0.05) is 107 Å². The van der Waals surface area contributed by atoms with E-state index in [-0.39, 0.29) is 149 Å². The van der Waals surface area contributed by atoms with Crippen LogP contribution in [-0.4, -0.2) is 217 Å². The first kappa shape index (κ1) is 148. The smallest absolute Gasteiger partial charge is 0.163 e. The molecule has 2 aliphatic rings. The van der Waals surface area contributed by atoms with Crippen LogP contribution >= 0.6 is 0 Å². The van der Waals surface area contributed by atoms with Gasteiger partial charge < -0.3 is 77.2 Å². The van der Waals surface area contributed by atoms with Gasteiger partial charge in [-0.2, -0.15) is 0 Å². The zero-order valence-corrected chi connectivity index (χ0v) is 103. The molecule has 4 aromatic rings. The fourth-order valence-electron chi connectivity index (χ4n) is 13.3. The second-order valence-electron chi connectivity index (χ2n) is 50.6. The van der Waals surface area contributed by atoms with E-state index in [1.165, 1.54) is 22.3 Å². The van der Waals surface area contributed by atoms with E-state index in [0.717, 1.165) is 190 Å². The van der Waals surface area contributed by atoms with Crippen molar-refractivity contribution >= 4 is 34.7 Å². The van der Waals surface area contributed by atoms with Crippen molar-refractivity contribution in [2.45, 2.75) is 408 Å². The van der Waals surface area contributed by atoms with E-state index in [2.05, 4.69) is 246 Å². The maximum absolute atomic E-state index is 11.8. The molecule has 0 aliphatic heterocycles. The highest BCUT2D eigenvalue weighted by Gasteiger charge is 2.54. The molecular weight excluding hydrogens is 1890 g/mol. The highest BCUT2D eigenvalue weighted by Crippen LogP contribution is 2.58. The Kier molecular flexibility index (Phi) is 80.5. The van der Waals surface area contributed by atoms with Gasteiger partial charge in [0.05, 0.1) is 56.4 Å². The molecule has 0 radical (unpaired) electrons. The normalized spacial score (nSPS) is 15.0. The van der Waals surface area contributed by atoms with Crippen molar-refractivity contribution in [1.82, 2.24) is 6.15 Å². The molecule has 0 bridgehead atoms. The van der Waals surface area contributed by atoms with Crippen LogP contribution in [0.2, 0.25) is 0 Å². The minimum atomic E-state index is -0.359. The van der Waals surface area contributed by atoms with Gasteiger partial charge in [0.25, 0.3) is 0 Å². The van der Waals surface area contributed by atoms with E-state index < -0.39 is 0 Å². The monoisotopic (exact) mass is 2110 g/mol. The fourth-order valence-corrected chi connectivity index (χ4v) is 13.3. The van der Waals surface area contributed by atoms with Crippen LogP contribution in [0.15, 0.2) is 97.1 Å². The summed E-state index contributed by atoms with van der Waals surface area (Å²) < 4.78 is 83.0. The predicted octanol–water partition coefficient (Wildman–Crippen LogP) is 30.3. The summed E-state index contributed by atoms with van der Waals surface area (Å²) in [6.07, 6.45) is 16.3. The van der Waals surface area contributed by atoms with E-state index in [1.54, 1.807) is 0 Å². The maximum Gasteiger partial charge on any atom is 0.163 e. The predicted molar refractivity (Wildman–Crippen MR) is 624 cm³/mol. The van der Waals surface area contributed by atoms with Crippen molar-refractivity contribution in [2.24, 2.45) is 80.8 Å². The number of unbranched alkanes of at least 4 members (excludes halogenated alkanes) is 1. The van der Waals surface area contributed by atoms with Crippen molar-refractivity contribution in [3.8, 4) is 33.8 Å². The lowest BCUT2D eigenvalue weighted by molar-refractivity contribution is -0.202. The Balaban J connectivity index is -0.00000167. The largest absolute Gasteiger partial charge is 0.491 e. The molecule has 870 valence electrons. The molecule has 2 aliphatic carbocycles. The van der Waals surface area contributed by atoms with Gasteiger partial charge in [-0.3, -0.25) is 28.8 Å². The Morgan fingerprint density at radius 3 is 0.780 bits per heavy atom. The molecule has 4 aromatic carbocycles. The van der Waals surface area contributed by atoms with Gasteiger partial charge in [-0.15, -0.1) is 0 Å². The minimum Gasteiger partial charge on any atom is -0.491 e. The van der Waals surface area contributed by atoms with Crippen LogP contribution in [0, 0.1) is 80.8 Å². The average Bonchev–Trinajstić information content (AvgIpc) is 0.739. The molecule has 3 N–H and O–H groups in total. The van der Waals surface area contributed by atoms with Crippen molar-refractivity contribution in [2.75, 3.05) is 152 Å². The lowest BCUT2D eigenvalue weighted by Gasteiger charge is -2.57. The SMILES string of the molecule is CC(C)(C)C(=O)COCCOc1ccc(-c2ccc(C(C)(C)C)cc2)cc1.CC(C)(C)C(=O)COCCOc1ccc(-c2ccc(C(C)(C)C)cc2)cc1.CC(C)(C)OC1CC2(CC(OCC(=O)C(C)(C)C)C2)C1.CC(C)CCOCC(=O)C(C)C.CC(C)CCOCCCCOCC(=O)C(C)C.CC(C)CCOCCCOCC(=O)C(C)C.CC(C)CCOCCOCCC(C)C.CC(C)CCO[C@H](C)[C@@H](C)OCCC(C)C.N. The summed E-state index contributed by atoms with van der Waals surface area (Å²) in [5, 5.41) is 0. The first-order valence-electron chi connectivity index (χ1n) is 56.9. The molecular formula is C128H227NO21. The summed E-state index contributed by atoms with van der Waals surface area (Å²) in [4.78, 5) is 68.9. The highest BCUT2D eigenvalue weighted by molar-refractivity contribution is 5.86. The van der Waals surface area contributed by atoms with E-state index >= 15 is 0 Å². The maximum atomic E-state index is 11.8. The minimum absolute atomic E-state index is 0. The Hall–Kier alpha value is -6.06. The number of carbonyl (C=O) groups excluding carboxylic acids is 6. The van der Waals surface area contributed by atoms with Crippen LogP contribution < -0.4 is 15.6 Å². The van der Waals surface area contributed by atoms with Crippen molar-refractivity contribution < 1.29 is 99.8 Å². The second kappa shape index (κ2) is 81.5. The van der Waals surface area contributed by atoms with Crippen molar-refractivity contribution in [3.63, 3.8) is 0 Å². The third kappa shape index (κ3) is 80.7. The molecule has 6 rings (SSSR count). The number of carbonyl (C=O) groups is 6. The lowest BCUT2D eigenvalue weighted by Crippen LogP contribution is -2.55. The molecule has 0 aromatic heterocycles. The first-order valence-corrected chi connectivity index (χ1v) is 56.9. The Labute approximate surface area is 917 Å². The average molecular weight is 2120 g/mol. The summed E-state index contributed by atoms with van der Waals surface area (Å²) in [6, 6.07) is 33.5. The van der Waals surface area contributed by atoms with Gasteiger partial charge in [-0.1, -0.05) is 315 Å². The van der Waals surface area contributed by atoms with Gasteiger partial charge in [-0.25, -0.2) is 0 Å². The molecule has 2 atom stereocenters. The summed E-state index contributed by atoms with van der Waals surface area (Å²) in [6.45, 7) is 96.3. The molecule has 22 heteroatoms. The van der Waals surface area contributed by atoms with Crippen LogP contribution in [0.3, 0.4) is 0 Å². The highest BCUT2D eigenvalue weighted by atomic mass is 16.6. The Morgan fingerprint density at radius 2 is 0.500 bits per heavy atom. The van der Waals surface area contributed by atoms with Gasteiger partial charge in [0.1, 0.15) is 64.4 Å². The topological polar surface area (TPSA) is 276 Å². The van der Waals surface area contributed by atoms with Gasteiger partial charge in [0.15, 0.2) is 34.7 Å². The molecule has 0 heterocycles. The summed E-state index contributed by atoms with van der Waals surface area (Å²) in [7, 11) is 0. The molecule has 0 unspecified atom stereocenters. The molecule has 2 saturated carbocycles. The van der Waals surface area contributed by atoms with E-state index in [4.69, 9.17) is 71.1 Å². The third-order valence-electron chi connectivity index (χ3n) is 24.9. The zero-order valence-electron chi connectivity index (χ0n) is 103. The molecule has 1 spiro atoms.